The lowest BCUT2D eigenvalue weighted by atomic mass is 9.33. The van der Waals surface area contributed by atoms with E-state index in [-0.39, 0.29) is 58.2 Å². The average Bonchev–Trinajstić information content (AvgIpc) is 3.73. The number of carboxylic acids is 1. The highest BCUT2D eigenvalue weighted by atomic mass is 16.5. The smallest absolute Gasteiger partial charge is 0.309 e. The van der Waals surface area contributed by atoms with Gasteiger partial charge >= 0.3 is 11.9 Å². The first-order valence-corrected chi connectivity index (χ1v) is 22.4. The standard InChI is InChI=1S/C48H70N6O6/c1-13-29-26-49-39(50-27-29)41-52-51-40(54(41)23-22-53(11)12)38(57)48-21-20-46(9)30(37(48)36(28(2)3)31(55)24-48)14-15-33-45(8)18-17-34(60-35(56)25-43(4,5)42(58)59)44(6,7)32(45)16-19-47(33,46)10/h13,26-28,30,32-34,38,57H,1,14-25H2,2-12H3,(H,58,59)/t30-,32+,33-,34+,38+,45+,46-,47-,48?/m1/s1. The molecule has 0 aromatic carbocycles. The molecule has 0 radical (unpaired) electrons. The van der Waals surface area contributed by atoms with Crippen molar-refractivity contribution in [2.24, 2.45) is 56.2 Å². The molecule has 4 saturated carbocycles. The van der Waals surface area contributed by atoms with Crippen molar-refractivity contribution in [2.75, 3.05) is 20.6 Å². The number of aromatic nitrogens is 5. The Morgan fingerprint density at radius 3 is 2.28 bits per heavy atom. The highest BCUT2D eigenvalue weighted by Gasteiger charge is 2.71. The zero-order valence-electron chi connectivity index (χ0n) is 38.1. The van der Waals surface area contributed by atoms with Crippen LogP contribution >= 0.6 is 0 Å². The molecular formula is C48H70N6O6. The van der Waals surface area contributed by atoms with Gasteiger partial charge in [0.05, 0.1) is 11.8 Å². The maximum Gasteiger partial charge on any atom is 0.309 e. The van der Waals surface area contributed by atoms with Gasteiger partial charge in [-0.25, -0.2) is 9.97 Å². The molecule has 5 aliphatic rings. The minimum Gasteiger partial charge on any atom is -0.481 e. The molecule has 1 unspecified atom stereocenters. The Kier molecular flexibility index (Phi) is 11.3. The van der Waals surface area contributed by atoms with E-state index in [1.165, 1.54) is 5.57 Å². The number of Topliss-reactive ketones (excluding diaryl/α,β-unsaturated/α-hetero) is 1. The van der Waals surface area contributed by atoms with Crippen molar-refractivity contribution < 1.29 is 29.3 Å². The van der Waals surface area contributed by atoms with E-state index in [0.29, 0.717) is 48.8 Å². The Morgan fingerprint density at radius 2 is 1.67 bits per heavy atom. The van der Waals surface area contributed by atoms with Crippen LogP contribution in [-0.2, 0) is 25.7 Å². The summed E-state index contributed by atoms with van der Waals surface area (Å²) in [4.78, 5) is 50.7. The van der Waals surface area contributed by atoms with E-state index in [9.17, 15) is 24.6 Å². The van der Waals surface area contributed by atoms with Crippen molar-refractivity contribution in [1.82, 2.24) is 29.6 Å². The molecule has 7 rings (SSSR count). The predicted octanol–water partition coefficient (Wildman–Crippen LogP) is 8.37. The van der Waals surface area contributed by atoms with Gasteiger partial charge in [-0.2, -0.15) is 0 Å². The number of allylic oxidation sites excluding steroid dienone is 1. The maximum atomic E-state index is 14.5. The fraction of sp³-hybridized carbons (Fsp3) is 0.729. The molecule has 0 amide bonds. The third kappa shape index (κ3) is 6.72. The van der Waals surface area contributed by atoms with Crippen LogP contribution < -0.4 is 0 Å². The third-order valence-electron chi connectivity index (χ3n) is 17.3. The van der Waals surface area contributed by atoms with E-state index in [1.807, 2.05) is 18.7 Å². The molecule has 2 N–H and O–H groups in total. The summed E-state index contributed by atoms with van der Waals surface area (Å²) in [5, 5.41) is 32.0. The molecule has 5 aliphatic carbocycles. The summed E-state index contributed by atoms with van der Waals surface area (Å²) in [6.07, 6.45) is 11.1. The zero-order valence-corrected chi connectivity index (χ0v) is 38.1. The first-order valence-electron chi connectivity index (χ1n) is 22.4. The number of aliphatic hydroxyl groups is 1. The van der Waals surface area contributed by atoms with E-state index >= 15 is 0 Å². The Bertz CT molecular complexity index is 2070. The summed E-state index contributed by atoms with van der Waals surface area (Å²) in [6, 6.07) is 0. The Labute approximate surface area is 357 Å². The second-order valence-electron chi connectivity index (χ2n) is 21.8. The number of hydrogen-bond acceptors (Lipinski definition) is 10. The number of rotatable bonds is 12. The van der Waals surface area contributed by atoms with Crippen LogP contribution in [0.4, 0.5) is 0 Å². The monoisotopic (exact) mass is 827 g/mol. The van der Waals surface area contributed by atoms with Crippen LogP contribution in [0.1, 0.15) is 144 Å². The van der Waals surface area contributed by atoms with E-state index < -0.39 is 28.9 Å². The average molecular weight is 827 g/mol. The number of carboxylic acid groups (broad SMARTS) is 1. The van der Waals surface area contributed by atoms with Crippen molar-refractivity contribution in [1.29, 1.82) is 0 Å². The number of ketones is 1. The van der Waals surface area contributed by atoms with Crippen molar-refractivity contribution in [3.05, 3.63) is 41.5 Å². The largest absolute Gasteiger partial charge is 0.481 e. The summed E-state index contributed by atoms with van der Waals surface area (Å²) in [7, 11) is 4.03. The first kappa shape index (κ1) is 44.3. The SMILES string of the molecule is C=Cc1cnc(-c2nnc([C@H](O)C34CC[C@]5(C)[C@H](CC[C@@H]6[C@@]7(C)CC[C@H](OC(=O)CC(C)(C)C(=O)O)C(C)(C)[C@@H]7CC[C@]65C)C3=C(C(C)C)C(=O)C4)n2CCN(C)C)nc1. The van der Waals surface area contributed by atoms with Gasteiger partial charge in [0, 0.05) is 48.3 Å². The summed E-state index contributed by atoms with van der Waals surface area (Å²) in [5.41, 5.74) is 0.470. The van der Waals surface area contributed by atoms with E-state index in [0.717, 1.165) is 56.1 Å². The van der Waals surface area contributed by atoms with Gasteiger partial charge < -0.3 is 24.4 Å². The molecule has 0 saturated heterocycles. The highest BCUT2D eigenvalue weighted by Crippen LogP contribution is 2.77. The number of ether oxygens (including phenoxy) is 1. The number of hydrogen-bond donors (Lipinski definition) is 2. The van der Waals surface area contributed by atoms with Crippen LogP contribution in [0.15, 0.2) is 30.1 Å². The first-order chi connectivity index (χ1) is 28.0. The minimum absolute atomic E-state index is 0.00767. The molecule has 328 valence electrons. The number of fused-ring (bicyclic) bond motifs is 7. The van der Waals surface area contributed by atoms with Gasteiger partial charge in [-0.3, -0.25) is 14.4 Å². The lowest BCUT2D eigenvalue weighted by molar-refractivity contribution is -0.235. The number of esters is 1. The van der Waals surface area contributed by atoms with Gasteiger partial charge in [0.15, 0.2) is 17.4 Å². The van der Waals surface area contributed by atoms with Crippen LogP contribution in [0.2, 0.25) is 0 Å². The van der Waals surface area contributed by atoms with Crippen LogP contribution in [-0.4, -0.2) is 84.3 Å². The summed E-state index contributed by atoms with van der Waals surface area (Å²) >= 11 is 0. The van der Waals surface area contributed by atoms with Gasteiger partial charge in [-0.15, -0.1) is 10.2 Å². The Balaban J connectivity index is 1.23. The number of carbonyl (C=O) groups is 3. The highest BCUT2D eigenvalue weighted by molar-refractivity contribution is 6.00. The molecule has 0 spiro atoms. The predicted molar refractivity (Wildman–Crippen MR) is 230 cm³/mol. The van der Waals surface area contributed by atoms with Crippen LogP contribution in [0.5, 0.6) is 0 Å². The van der Waals surface area contributed by atoms with Crippen molar-refractivity contribution >= 4 is 23.8 Å². The quantitative estimate of drug-likeness (QED) is 0.198. The molecule has 2 aromatic rings. The lowest BCUT2D eigenvalue weighted by Crippen LogP contribution is -2.66. The normalized spacial score (nSPS) is 34.1. The number of carbonyl (C=O) groups excluding carboxylic acids is 2. The second-order valence-corrected chi connectivity index (χ2v) is 21.8. The molecule has 12 heteroatoms. The Hall–Kier alpha value is -3.77. The molecule has 2 aromatic heterocycles. The van der Waals surface area contributed by atoms with Gasteiger partial charge in [0.25, 0.3) is 0 Å². The Morgan fingerprint density at radius 1 is 0.983 bits per heavy atom. The minimum atomic E-state index is -1.19. The molecule has 0 aliphatic heterocycles. The van der Waals surface area contributed by atoms with Gasteiger partial charge in [0.1, 0.15) is 12.2 Å². The number of nitrogens with zero attached hydrogens (tertiary/aromatic N) is 6. The number of aliphatic hydroxyl groups excluding tert-OH is 1. The maximum absolute atomic E-state index is 14.5. The van der Waals surface area contributed by atoms with Gasteiger partial charge in [-0.1, -0.05) is 61.1 Å². The lowest BCUT2D eigenvalue weighted by Gasteiger charge is -2.72. The fourth-order valence-electron chi connectivity index (χ4n) is 13.8. The summed E-state index contributed by atoms with van der Waals surface area (Å²) in [6.45, 7) is 24.5. The van der Waals surface area contributed by atoms with Crippen LogP contribution in [0, 0.1) is 56.2 Å². The fourth-order valence-corrected chi connectivity index (χ4v) is 13.8. The summed E-state index contributed by atoms with van der Waals surface area (Å²) in [5.74, 6) is 0.976. The van der Waals surface area contributed by atoms with Crippen molar-refractivity contribution in [3.63, 3.8) is 0 Å². The van der Waals surface area contributed by atoms with Crippen LogP contribution in [0.25, 0.3) is 17.7 Å². The van der Waals surface area contributed by atoms with Gasteiger partial charge in [0.2, 0.25) is 5.82 Å². The van der Waals surface area contributed by atoms with E-state index in [4.69, 9.17) is 9.84 Å². The number of likely N-dealkylation sites (N-methyl/N-ethyl adjacent to an activating group) is 1. The zero-order chi connectivity index (χ0) is 44.0. The van der Waals surface area contributed by atoms with Crippen LogP contribution in [0.3, 0.4) is 0 Å². The van der Waals surface area contributed by atoms with E-state index in [1.54, 1.807) is 32.3 Å². The van der Waals surface area contributed by atoms with Gasteiger partial charge in [-0.05, 0) is 130 Å². The van der Waals surface area contributed by atoms with Crippen molar-refractivity contribution in [2.45, 2.75) is 145 Å². The molecule has 60 heavy (non-hydrogen) atoms. The van der Waals surface area contributed by atoms with E-state index in [2.05, 4.69) is 75.0 Å². The molecule has 9 atom stereocenters. The molecule has 2 heterocycles. The molecule has 4 fully saturated rings. The second kappa shape index (κ2) is 15.2. The topological polar surface area (TPSA) is 161 Å². The number of aliphatic carboxylic acids is 1. The third-order valence-corrected chi connectivity index (χ3v) is 17.3. The van der Waals surface area contributed by atoms with Crippen molar-refractivity contribution in [3.8, 4) is 11.6 Å². The molecule has 12 nitrogen and oxygen atoms in total. The summed E-state index contributed by atoms with van der Waals surface area (Å²) < 4.78 is 8.16. The molecular weight excluding hydrogens is 757 g/mol. The molecule has 0 bridgehead atoms.